The highest BCUT2D eigenvalue weighted by molar-refractivity contribution is 7.09. The van der Waals surface area contributed by atoms with E-state index >= 15 is 0 Å². The van der Waals surface area contributed by atoms with Crippen molar-refractivity contribution in [1.82, 2.24) is 20.1 Å². The molecule has 0 amide bonds. The monoisotopic (exact) mass is 250 g/mol. The fraction of sp³-hybridized carbons (Fsp3) is 0.500. The Hall–Kier alpha value is -1.20. The zero-order valence-corrected chi connectivity index (χ0v) is 11.3. The van der Waals surface area contributed by atoms with Gasteiger partial charge in [0.15, 0.2) is 0 Å². The van der Waals surface area contributed by atoms with Crippen LogP contribution in [0.25, 0.3) is 0 Å². The van der Waals surface area contributed by atoms with Crippen molar-refractivity contribution in [3.8, 4) is 0 Å². The summed E-state index contributed by atoms with van der Waals surface area (Å²) < 4.78 is 1.85. The number of hydrogen-bond donors (Lipinski definition) is 1. The maximum absolute atomic E-state index is 4.32. The highest BCUT2D eigenvalue weighted by Gasteiger charge is 2.16. The Bertz CT molecular complexity index is 474. The summed E-state index contributed by atoms with van der Waals surface area (Å²) in [6, 6.07) is 0.344. The number of aryl methyl sites for hydroxylation is 2. The predicted molar refractivity (Wildman–Crippen MR) is 70.2 cm³/mol. The van der Waals surface area contributed by atoms with Crippen LogP contribution in [0.3, 0.4) is 0 Å². The molecule has 0 saturated heterocycles. The largest absolute Gasteiger partial charge is 0.309 e. The van der Waals surface area contributed by atoms with Gasteiger partial charge >= 0.3 is 0 Å². The van der Waals surface area contributed by atoms with Gasteiger partial charge in [-0.2, -0.15) is 5.10 Å². The number of likely N-dealkylation sites (N-methyl/N-ethyl adjacent to an activating group) is 1. The molecule has 0 spiro atoms. The first-order chi connectivity index (χ1) is 8.20. The summed E-state index contributed by atoms with van der Waals surface area (Å²) in [6.07, 6.45) is 4.96. The van der Waals surface area contributed by atoms with E-state index in [9.17, 15) is 0 Å². The number of hydrogen-bond acceptors (Lipinski definition) is 4. The second-order valence-electron chi connectivity index (χ2n) is 4.14. The van der Waals surface area contributed by atoms with Crippen LogP contribution >= 0.6 is 11.3 Å². The second-order valence-corrected chi connectivity index (χ2v) is 5.03. The molecule has 0 aliphatic carbocycles. The summed E-state index contributed by atoms with van der Waals surface area (Å²) in [5.74, 6) is 0. The molecule has 1 unspecified atom stereocenters. The molecule has 2 aromatic rings. The Morgan fingerprint density at radius 2 is 2.35 bits per heavy atom. The summed E-state index contributed by atoms with van der Waals surface area (Å²) in [5.41, 5.74) is 4.30. The first kappa shape index (κ1) is 12.3. The van der Waals surface area contributed by atoms with Crippen LogP contribution in [0, 0.1) is 6.92 Å². The zero-order valence-electron chi connectivity index (χ0n) is 10.5. The van der Waals surface area contributed by atoms with Crippen LogP contribution < -0.4 is 5.32 Å². The van der Waals surface area contributed by atoms with Gasteiger partial charge in [-0.05, 0) is 25.5 Å². The maximum Gasteiger partial charge on any atom is 0.0798 e. The Balaban J connectivity index is 2.15. The smallest absolute Gasteiger partial charge is 0.0798 e. The van der Waals surface area contributed by atoms with Gasteiger partial charge in [0, 0.05) is 24.2 Å². The quantitative estimate of drug-likeness (QED) is 0.883. The van der Waals surface area contributed by atoms with E-state index in [1.807, 2.05) is 23.4 Å². The molecule has 1 atom stereocenters. The molecule has 0 aliphatic rings. The third kappa shape index (κ3) is 2.92. The van der Waals surface area contributed by atoms with Crippen LogP contribution in [-0.2, 0) is 13.5 Å². The molecule has 17 heavy (non-hydrogen) atoms. The van der Waals surface area contributed by atoms with Gasteiger partial charge in [-0.15, -0.1) is 11.3 Å². The number of aromatic nitrogens is 3. The first-order valence-corrected chi connectivity index (χ1v) is 6.69. The van der Waals surface area contributed by atoms with E-state index < -0.39 is 0 Å². The number of thiazole rings is 1. The third-order valence-electron chi connectivity index (χ3n) is 2.75. The fourth-order valence-electron chi connectivity index (χ4n) is 1.96. The lowest BCUT2D eigenvalue weighted by atomic mass is 10.1. The molecule has 92 valence electrons. The highest BCUT2D eigenvalue weighted by atomic mass is 32.1. The lowest BCUT2D eigenvalue weighted by Crippen LogP contribution is -2.22. The molecule has 1 N–H and O–H groups in total. The van der Waals surface area contributed by atoms with Crippen molar-refractivity contribution >= 4 is 11.3 Å². The van der Waals surface area contributed by atoms with Crippen LogP contribution in [0.15, 0.2) is 17.9 Å². The molecule has 2 rings (SSSR count). The third-order valence-corrected chi connectivity index (χ3v) is 3.79. The Morgan fingerprint density at radius 1 is 1.53 bits per heavy atom. The van der Waals surface area contributed by atoms with Gasteiger partial charge in [0.05, 0.1) is 17.4 Å². The molecule has 2 heterocycles. The lowest BCUT2D eigenvalue weighted by Gasteiger charge is -2.16. The van der Waals surface area contributed by atoms with Crippen molar-refractivity contribution in [3.63, 3.8) is 0 Å². The highest BCUT2D eigenvalue weighted by Crippen LogP contribution is 2.24. The fourth-order valence-corrected chi connectivity index (χ4v) is 2.84. The predicted octanol–water partition coefficient (Wildman–Crippen LogP) is 2.08. The molecule has 0 bridgehead atoms. The van der Waals surface area contributed by atoms with Gasteiger partial charge in [0.2, 0.25) is 0 Å². The van der Waals surface area contributed by atoms with Crippen LogP contribution in [-0.4, -0.2) is 21.3 Å². The van der Waals surface area contributed by atoms with Crippen molar-refractivity contribution < 1.29 is 0 Å². The van der Waals surface area contributed by atoms with E-state index in [4.69, 9.17) is 0 Å². The molecule has 2 aromatic heterocycles. The minimum absolute atomic E-state index is 0.344. The molecule has 0 fully saturated rings. The molecule has 0 aliphatic heterocycles. The van der Waals surface area contributed by atoms with E-state index in [1.165, 1.54) is 10.4 Å². The second kappa shape index (κ2) is 5.42. The molecule has 0 aromatic carbocycles. The van der Waals surface area contributed by atoms with Crippen molar-refractivity contribution in [2.75, 3.05) is 6.54 Å². The van der Waals surface area contributed by atoms with Crippen LogP contribution in [0.2, 0.25) is 0 Å². The van der Waals surface area contributed by atoms with Gasteiger partial charge in [0.25, 0.3) is 0 Å². The summed E-state index contributed by atoms with van der Waals surface area (Å²) >= 11 is 1.72. The molecule has 4 nitrogen and oxygen atoms in total. The first-order valence-electron chi connectivity index (χ1n) is 5.81. The van der Waals surface area contributed by atoms with E-state index in [2.05, 4.69) is 35.4 Å². The summed E-state index contributed by atoms with van der Waals surface area (Å²) in [4.78, 5) is 5.65. The Labute approximate surface area is 106 Å². The number of nitrogens with one attached hydrogen (secondary N) is 1. The van der Waals surface area contributed by atoms with E-state index in [1.54, 1.807) is 11.3 Å². The van der Waals surface area contributed by atoms with Gasteiger partial charge in [-0.3, -0.25) is 4.68 Å². The molecule has 5 heteroatoms. The van der Waals surface area contributed by atoms with Gasteiger partial charge in [0.1, 0.15) is 0 Å². The van der Waals surface area contributed by atoms with Crippen LogP contribution in [0.1, 0.15) is 29.1 Å². The summed E-state index contributed by atoms with van der Waals surface area (Å²) in [6.45, 7) is 5.16. The standard InChI is InChI=1S/C12H18N4S/c1-4-13-11(12-9(2)14-8-17-12)5-10-6-15-16(3)7-10/h6-8,11,13H,4-5H2,1-3H3. The topological polar surface area (TPSA) is 42.7 Å². The number of nitrogens with zero attached hydrogens (tertiary/aromatic N) is 3. The molecular formula is C12H18N4S. The van der Waals surface area contributed by atoms with Gasteiger partial charge in [-0.1, -0.05) is 6.92 Å². The van der Waals surface area contributed by atoms with Crippen molar-refractivity contribution in [2.45, 2.75) is 26.3 Å². The Kier molecular flexibility index (Phi) is 3.91. The van der Waals surface area contributed by atoms with Crippen LogP contribution in [0.5, 0.6) is 0 Å². The molecule has 0 radical (unpaired) electrons. The average Bonchev–Trinajstić information content (AvgIpc) is 2.87. The SMILES string of the molecule is CCNC(Cc1cnn(C)c1)c1scnc1C. The van der Waals surface area contributed by atoms with Crippen molar-refractivity contribution in [3.05, 3.63) is 34.0 Å². The molecule has 0 saturated carbocycles. The lowest BCUT2D eigenvalue weighted by molar-refractivity contribution is 0.554. The molecular weight excluding hydrogens is 232 g/mol. The minimum Gasteiger partial charge on any atom is -0.309 e. The van der Waals surface area contributed by atoms with E-state index in [0.717, 1.165) is 18.7 Å². The Morgan fingerprint density at radius 3 is 2.88 bits per heavy atom. The normalized spacial score (nSPS) is 12.9. The van der Waals surface area contributed by atoms with Gasteiger partial charge < -0.3 is 5.32 Å². The average molecular weight is 250 g/mol. The van der Waals surface area contributed by atoms with E-state index in [-0.39, 0.29) is 0 Å². The minimum atomic E-state index is 0.344. The number of rotatable bonds is 5. The van der Waals surface area contributed by atoms with E-state index in [0.29, 0.717) is 6.04 Å². The zero-order chi connectivity index (χ0) is 12.3. The maximum atomic E-state index is 4.32. The summed E-state index contributed by atoms with van der Waals surface area (Å²) in [5, 5.41) is 7.73. The summed E-state index contributed by atoms with van der Waals surface area (Å²) in [7, 11) is 1.95. The van der Waals surface area contributed by atoms with Gasteiger partial charge in [-0.25, -0.2) is 4.98 Å². The van der Waals surface area contributed by atoms with Crippen molar-refractivity contribution in [2.24, 2.45) is 7.05 Å². The van der Waals surface area contributed by atoms with Crippen LogP contribution in [0.4, 0.5) is 0 Å². The van der Waals surface area contributed by atoms with Crippen molar-refractivity contribution in [1.29, 1.82) is 0 Å².